The topological polar surface area (TPSA) is 21.3 Å². The van der Waals surface area contributed by atoms with Gasteiger partial charge in [-0.25, -0.2) is 0 Å². The van der Waals surface area contributed by atoms with Crippen molar-refractivity contribution in [3.63, 3.8) is 0 Å². The van der Waals surface area contributed by atoms with Gasteiger partial charge in [-0.3, -0.25) is 0 Å². The smallest absolute Gasteiger partial charge is 0.0772 e. The highest BCUT2D eigenvalue weighted by molar-refractivity contribution is 4.79. The molecule has 0 fully saturated rings. The van der Waals surface area contributed by atoms with Gasteiger partial charge in [-0.15, -0.1) is 0 Å². The Balaban J connectivity index is 3.80. The second kappa shape index (κ2) is 3.18. The number of rotatable bonds is 3. The lowest BCUT2D eigenvalue weighted by Crippen LogP contribution is -2.44. The number of likely N-dealkylation sites (N-methyl/N-ethyl adjacent to an activating group) is 1. The van der Waals surface area contributed by atoms with E-state index >= 15 is 0 Å². The van der Waals surface area contributed by atoms with Crippen LogP contribution in [0.3, 0.4) is 0 Å². The molecule has 1 atom stereocenters. The lowest BCUT2D eigenvalue weighted by atomic mass is 10.0. The summed E-state index contributed by atoms with van der Waals surface area (Å²) >= 11 is 0. The van der Waals surface area contributed by atoms with Crippen LogP contribution in [0.25, 0.3) is 0 Å². The van der Waals surface area contributed by atoms with Crippen LogP contribution in [0.15, 0.2) is 0 Å². The van der Waals surface area contributed by atoms with Gasteiger partial charge in [0.15, 0.2) is 0 Å². The summed E-state index contributed by atoms with van der Waals surface area (Å²) in [5.41, 5.74) is -0.0608. The van der Waals surface area contributed by atoms with Crippen molar-refractivity contribution in [2.45, 2.75) is 32.4 Å². The van der Waals surface area contributed by atoms with Crippen molar-refractivity contribution in [1.82, 2.24) is 5.32 Å². The third kappa shape index (κ3) is 2.33. The van der Waals surface area contributed by atoms with E-state index in [0.717, 1.165) is 0 Å². The van der Waals surface area contributed by atoms with Crippen molar-refractivity contribution in [3.05, 3.63) is 0 Å². The van der Waals surface area contributed by atoms with E-state index in [1.54, 1.807) is 7.11 Å². The van der Waals surface area contributed by atoms with E-state index in [1.807, 2.05) is 7.05 Å². The van der Waals surface area contributed by atoms with Crippen LogP contribution in [0.4, 0.5) is 0 Å². The number of hydrogen-bond acceptors (Lipinski definition) is 2. The first-order valence-electron chi connectivity index (χ1n) is 3.27. The van der Waals surface area contributed by atoms with Gasteiger partial charge in [0.1, 0.15) is 0 Å². The predicted octanol–water partition coefficient (Wildman–Crippen LogP) is 1.02. The molecule has 0 aliphatic heterocycles. The Kier molecular flexibility index (Phi) is 3.15. The Morgan fingerprint density at radius 2 is 1.89 bits per heavy atom. The average molecular weight is 131 g/mol. The molecule has 0 bridgehead atoms. The molecule has 0 aromatic heterocycles. The van der Waals surface area contributed by atoms with Gasteiger partial charge in [0.25, 0.3) is 0 Å². The van der Waals surface area contributed by atoms with E-state index in [9.17, 15) is 0 Å². The zero-order valence-electron chi connectivity index (χ0n) is 6.99. The molecule has 0 amide bonds. The minimum absolute atomic E-state index is 0.0608. The largest absolute Gasteiger partial charge is 0.377 e. The number of nitrogens with one attached hydrogen (secondary N) is 1. The number of ether oxygens (including phenoxy) is 1. The molecule has 0 unspecified atom stereocenters. The number of hydrogen-bond donors (Lipinski definition) is 1. The molecule has 2 nitrogen and oxygen atoms in total. The summed E-state index contributed by atoms with van der Waals surface area (Å²) in [5.74, 6) is 0. The first-order chi connectivity index (χ1) is 4.04. The average Bonchev–Trinajstić information content (AvgIpc) is 1.86. The van der Waals surface area contributed by atoms with E-state index in [1.165, 1.54) is 0 Å². The van der Waals surface area contributed by atoms with Gasteiger partial charge in [0.05, 0.1) is 5.60 Å². The zero-order valence-corrected chi connectivity index (χ0v) is 6.99. The SMILES string of the molecule is CN[C@@H](C)C(C)(C)OC. The quantitative estimate of drug-likeness (QED) is 0.617. The van der Waals surface area contributed by atoms with E-state index < -0.39 is 0 Å². The van der Waals surface area contributed by atoms with Crippen LogP contribution in [-0.2, 0) is 4.74 Å². The maximum absolute atomic E-state index is 5.23. The lowest BCUT2D eigenvalue weighted by molar-refractivity contribution is -0.00289. The fourth-order valence-electron chi connectivity index (χ4n) is 0.524. The molecule has 0 radical (unpaired) electrons. The monoisotopic (exact) mass is 131 g/mol. The van der Waals surface area contributed by atoms with Gasteiger partial charge in [0.2, 0.25) is 0 Å². The van der Waals surface area contributed by atoms with E-state index in [-0.39, 0.29) is 5.60 Å². The Morgan fingerprint density at radius 3 is 2.00 bits per heavy atom. The molecule has 0 aromatic rings. The van der Waals surface area contributed by atoms with E-state index in [2.05, 4.69) is 26.1 Å². The number of methoxy groups -OCH3 is 1. The molecule has 0 spiro atoms. The van der Waals surface area contributed by atoms with Crippen LogP contribution >= 0.6 is 0 Å². The molecule has 0 aromatic carbocycles. The molecule has 0 rings (SSSR count). The molecule has 0 aliphatic carbocycles. The summed E-state index contributed by atoms with van der Waals surface area (Å²) in [6, 6.07) is 0.391. The fraction of sp³-hybridized carbons (Fsp3) is 1.00. The molecule has 0 heterocycles. The van der Waals surface area contributed by atoms with Gasteiger partial charge in [-0.1, -0.05) is 0 Å². The van der Waals surface area contributed by atoms with Crippen molar-refractivity contribution in [1.29, 1.82) is 0 Å². The van der Waals surface area contributed by atoms with Gasteiger partial charge < -0.3 is 10.1 Å². The molecular formula is C7H17NO. The van der Waals surface area contributed by atoms with Crippen LogP contribution in [0.2, 0.25) is 0 Å². The van der Waals surface area contributed by atoms with Gasteiger partial charge in [-0.05, 0) is 27.8 Å². The normalized spacial score (nSPS) is 15.7. The molecule has 9 heavy (non-hydrogen) atoms. The van der Waals surface area contributed by atoms with Crippen LogP contribution in [0, 0.1) is 0 Å². The Morgan fingerprint density at radius 1 is 1.44 bits per heavy atom. The van der Waals surface area contributed by atoms with Gasteiger partial charge >= 0.3 is 0 Å². The highest BCUT2D eigenvalue weighted by Gasteiger charge is 2.22. The zero-order chi connectivity index (χ0) is 7.49. The second-order valence-electron chi connectivity index (χ2n) is 2.82. The Hall–Kier alpha value is -0.0800. The summed E-state index contributed by atoms with van der Waals surface area (Å²) in [7, 11) is 3.67. The van der Waals surface area contributed by atoms with Crippen molar-refractivity contribution in [2.24, 2.45) is 0 Å². The molecule has 2 heteroatoms. The van der Waals surface area contributed by atoms with Crippen molar-refractivity contribution in [2.75, 3.05) is 14.2 Å². The fourth-order valence-corrected chi connectivity index (χ4v) is 0.524. The minimum Gasteiger partial charge on any atom is -0.377 e. The standard InChI is InChI=1S/C7H17NO/c1-6(8-4)7(2,3)9-5/h6,8H,1-5H3/t6-/m0/s1. The first kappa shape index (κ1) is 8.92. The molecule has 56 valence electrons. The van der Waals surface area contributed by atoms with Crippen molar-refractivity contribution >= 4 is 0 Å². The third-order valence-electron chi connectivity index (χ3n) is 2.00. The summed E-state index contributed by atoms with van der Waals surface area (Å²) in [5, 5.41) is 3.13. The van der Waals surface area contributed by atoms with Crippen molar-refractivity contribution < 1.29 is 4.74 Å². The third-order valence-corrected chi connectivity index (χ3v) is 2.00. The lowest BCUT2D eigenvalue weighted by Gasteiger charge is -2.29. The molecular weight excluding hydrogens is 114 g/mol. The van der Waals surface area contributed by atoms with E-state index in [4.69, 9.17) is 4.74 Å². The molecule has 0 aliphatic rings. The summed E-state index contributed by atoms with van der Waals surface area (Å²) < 4.78 is 5.23. The predicted molar refractivity (Wildman–Crippen MR) is 39.6 cm³/mol. The van der Waals surface area contributed by atoms with Crippen molar-refractivity contribution in [3.8, 4) is 0 Å². The second-order valence-corrected chi connectivity index (χ2v) is 2.82. The Bertz CT molecular complexity index is 81.0. The minimum atomic E-state index is -0.0608. The maximum Gasteiger partial charge on any atom is 0.0772 e. The van der Waals surface area contributed by atoms with Crippen LogP contribution in [0.1, 0.15) is 20.8 Å². The summed E-state index contributed by atoms with van der Waals surface area (Å²) in [6.45, 7) is 6.23. The first-order valence-corrected chi connectivity index (χ1v) is 3.27. The summed E-state index contributed by atoms with van der Waals surface area (Å²) in [4.78, 5) is 0. The van der Waals surface area contributed by atoms with Gasteiger partial charge in [0, 0.05) is 13.2 Å². The molecule has 1 N–H and O–H groups in total. The highest BCUT2D eigenvalue weighted by Crippen LogP contribution is 2.11. The van der Waals surface area contributed by atoms with Crippen LogP contribution in [0.5, 0.6) is 0 Å². The molecule has 0 saturated carbocycles. The van der Waals surface area contributed by atoms with Crippen LogP contribution in [-0.4, -0.2) is 25.8 Å². The van der Waals surface area contributed by atoms with E-state index in [0.29, 0.717) is 6.04 Å². The van der Waals surface area contributed by atoms with Crippen LogP contribution < -0.4 is 5.32 Å². The summed E-state index contributed by atoms with van der Waals surface area (Å²) in [6.07, 6.45) is 0. The maximum atomic E-state index is 5.23. The highest BCUT2D eigenvalue weighted by atomic mass is 16.5. The Labute approximate surface area is 57.6 Å². The molecule has 0 saturated heterocycles. The van der Waals surface area contributed by atoms with Gasteiger partial charge in [-0.2, -0.15) is 0 Å².